The molecule has 0 unspecified atom stereocenters. The topological polar surface area (TPSA) is 73.2 Å². The van der Waals surface area contributed by atoms with Crippen LogP contribution in [-0.4, -0.2) is 70.1 Å². The van der Waals surface area contributed by atoms with E-state index in [1.165, 1.54) is 37.8 Å². The number of nitrogens with one attached hydrogen (secondary N) is 1. The van der Waals surface area contributed by atoms with Crippen LogP contribution >= 0.6 is 0 Å². The normalized spacial score (nSPS) is 25.1. The molecule has 1 saturated carbocycles. The molecule has 1 aliphatic carbocycles. The Bertz CT molecular complexity index is 1050. The van der Waals surface area contributed by atoms with Crippen molar-refractivity contribution in [1.82, 2.24) is 24.7 Å². The van der Waals surface area contributed by atoms with Gasteiger partial charge in [-0.15, -0.1) is 0 Å². The lowest BCUT2D eigenvalue weighted by molar-refractivity contribution is -0.120. The number of carbonyl (C=O) groups is 2. The first kappa shape index (κ1) is 23.3. The summed E-state index contributed by atoms with van der Waals surface area (Å²) in [5.41, 5.74) is 3.40. The zero-order valence-corrected chi connectivity index (χ0v) is 20.8. The number of imide groups is 1. The molecule has 5 rings (SSSR count). The van der Waals surface area contributed by atoms with Crippen LogP contribution in [0.5, 0.6) is 0 Å². The zero-order chi connectivity index (χ0) is 23.9. The number of amides is 3. The summed E-state index contributed by atoms with van der Waals surface area (Å²) in [4.78, 5) is 30.7. The molecule has 2 aromatic rings. The fraction of sp³-hybridized carbons (Fsp3) is 0.654. The molecule has 2 aliphatic heterocycles. The van der Waals surface area contributed by atoms with Gasteiger partial charge in [0.05, 0.1) is 17.4 Å². The van der Waals surface area contributed by atoms with E-state index in [0.717, 1.165) is 43.3 Å². The Hall–Kier alpha value is -2.45. The van der Waals surface area contributed by atoms with E-state index >= 15 is 0 Å². The van der Waals surface area contributed by atoms with Crippen LogP contribution in [0.2, 0.25) is 0 Å². The Morgan fingerprint density at radius 1 is 1.15 bits per heavy atom. The number of nitrogens with zero attached hydrogens (tertiary/aromatic N) is 5. The van der Waals surface area contributed by atoms with Gasteiger partial charge in [0.25, 0.3) is 0 Å². The predicted molar refractivity (Wildman–Crippen MR) is 133 cm³/mol. The fourth-order valence-corrected chi connectivity index (χ4v) is 5.83. The summed E-state index contributed by atoms with van der Waals surface area (Å²) >= 11 is 0. The van der Waals surface area contributed by atoms with Gasteiger partial charge in [-0.25, -0.2) is 9.31 Å². The number of piperazine rings is 1. The van der Waals surface area contributed by atoms with Crippen LogP contribution in [0.4, 0.5) is 10.5 Å². The second-order valence-corrected chi connectivity index (χ2v) is 11.3. The van der Waals surface area contributed by atoms with E-state index in [-0.39, 0.29) is 11.9 Å². The summed E-state index contributed by atoms with van der Waals surface area (Å²) < 4.78 is 1.80. The Kier molecular flexibility index (Phi) is 6.37. The van der Waals surface area contributed by atoms with Crippen LogP contribution in [0, 0.1) is 11.3 Å². The minimum atomic E-state index is -0.372. The van der Waals surface area contributed by atoms with E-state index < -0.39 is 0 Å². The first-order valence-corrected chi connectivity index (χ1v) is 12.8. The maximum absolute atomic E-state index is 12.3. The lowest BCUT2D eigenvalue weighted by Gasteiger charge is -2.43. The number of hydrogen-bond acceptors (Lipinski definition) is 5. The van der Waals surface area contributed by atoms with Crippen LogP contribution in [-0.2, 0) is 11.3 Å². The van der Waals surface area contributed by atoms with E-state index in [9.17, 15) is 9.59 Å². The summed E-state index contributed by atoms with van der Waals surface area (Å²) in [7, 11) is 0. The molecule has 3 fully saturated rings. The molecule has 34 heavy (non-hydrogen) atoms. The summed E-state index contributed by atoms with van der Waals surface area (Å²) in [5.74, 6) is 0.631. The second kappa shape index (κ2) is 9.30. The molecule has 0 bridgehead atoms. The molecule has 1 atom stereocenters. The molecule has 0 radical (unpaired) electrons. The molecule has 8 heteroatoms. The molecule has 3 aliphatic rings. The van der Waals surface area contributed by atoms with Crippen LogP contribution in [0.3, 0.4) is 0 Å². The van der Waals surface area contributed by atoms with E-state index in [0.29, 0.717) is 24.4 Å². The smallest absolute Gasteiger partial charge is 0.298 e. The monoisotopic (exact) mass is 466 g/mol. The third kappa shape index (κ3) is 4.98. The molecule has 2 saturated heterocycles. The molecule has 3 amide bonds. The molecule has 1 N–H and O–H groups in total. The summed E-state index contributed by atoms with van der Waals surface area (Å²) in [6.45, 7) is 13.0. The summed E-state index contributed by atoms with van der Waals surface area (Å²) in [6, 6.07) is 4.44. The maximum Gasteiger partial charge on any atom is 0.328 e. The van der Waals surface area contributed by atoms with Crippen molar-refractivity contribution in [2.24, 2.45) is 11.3 Å². The van der Waals surface area contributed by atoms with Gasteiger partial charge >= 0.3 is 6.03 Å². The third-order valence-electron chi connectivity index (χ3n) is 8.12. The van der Waals surface area contributed by atoms with Crippen molar-refractivity contribution >= 4 is 23.1 Å². The van der Waals surface area contributed by atoms with Gasteiger partial charge in [-0.05, 0) is 61.6 Å². The zero-order valence-electron chi connectivity index (χ0n) is 20.8. The number of pyridine rings is 1. The number of fused-ring (bicyclic) bond motifs is 1. The highest BCUT2D eigenvalue weighted by atomic mass is 16.2. The van der Waals surface area contributed by atoms with Crippen LogP contribution < -0.4 is 10.2 Å². The number of urea groups is 1. The summed E-state index contributed by atoms with van der Waals surface area (Å²) in [5, 5.41) is 6.81. The molecule has 2 aromatic heterocycles. The van der Waals surface area contributed by atoms with Crippen LogP contribution in [0.25, 0.3) is 5.52 Å². The first-order valence-electron chi connectivity index (χ1n) is 12.8. The summed E-state index contributed by atoms with van der Waals surface area (Å²) in [6.07, 6.45) is 9.45. The molecular weight excluding hydrogens is 428 g/mol. The molecule has 8 nitrogen and oxygen atoms in total. The van der Waals surface area contributed by atoms with Crippen molar-refractivity contribution in [3.8, 4) is 0 Å². The number of rotatable bonds is 5. The van der Waals surface area contributed by atoms with Gasteiger partial charge in [-0.2, -0.15) is 5.10 Å². The molecular formula is C26H38N6O2. The van der Waals surface area contributed by atoms with Gasteiger partial charge in [-0.3, -0.25) is 24.8 Å². The van der Waals surface area contributed by atoms with E-state index in [1.54, 1.807) is 15.6 Å². The van der Waals surface area contributed by atoms with Gasteiger partial charge in [0.1, 0.15) is 0 Å². The Balaban J connectivity index is 1.20. The highest BCUT2D eigenvalue weighted by Gasteiger charge is 2.31. The number of anilines is 1. The average molecular weight is 467 g/mol. The van der Waals surface area contributed by atoms with Crippen LogP contribution in [0.1, 0.15) is 58.4 Å². The minimum absolute atomic E-state index is 0.223. The average Bonchev–Trinajstić information content (AvgIpc) is 3.20. The number of hydrogen-bond donors (Lipinski definition) is 1. The van der Waals surface area contributed by atoms with Crippen LogP contribution in [0.15, 0.2) is 24.5 Å². The predicted octanol–water partition coefficient (Wildman–Crippen LogP) is 3.50. The largest absolute Gasteiger partial charge is 0.328 e. The lowest BCUT2D eigenvalue weighted by atomic mass is 9.73. The van der Waals surface area contributed by atoms with Gasteiger partial charge in [0.15, 0.2) is 0 Å². The van der Waals surface area contributed by atoms with Crippen molar-refractivity contribution < 1.29 is 9.59 Å². The Morgan fingerprint density at radius 3 is 2.68 bits per heavy atom. The fourth-order valence-electron chi connectivity index (χ4n) is 5.83. The number of carbonyl (C=O) groups excluding carboxylic acids is 2. The van der Waals surface area contributed by atoms with Gasteiger partial charge in [-0.1, -0.05) is 13.8 Å². The second-order valence-electron chi connectivity index (χ2n) is 11.3. The van der Waals surface area contributed by atoms with Crippen molar-refractivity contribution in [2.75, 3.05) is 37.6 Å². The van der Waals surface area contributed by atoms with Gasteiger partial charge < -0.3 is 0 Å². The van der Waals surface area contributed by atoms with E-state index in [4.69, 9.17) is 0 Å². The molecule has 4 heterocycles. The highest BCUT2D eigenvalue weighted by molar-refractivity contribution is 6.07. The molecule has 0 aromatic carbocycles. The van der Waals surface area contributed by atoms with Gasteiger partial charge in [0.2, 0.25) is 5.91 Å². The van der Waals surface area contributed by atoms with Gasteiger partial charge in [0, 0.05) is 57.9 Å². The van der Waals surface area contributed by atoms with E-state index in [2.05, 4.69) is 53.1 Å². The third-order valence-corrected chi connectivity index (χ3v) is 8.12. The standard InChI is InChI=1S/C26H38N6O2/c1-19-16-29(12-13-30(19)18-20-4-8-26(2,3)9-5-20)17-21-6-11-32-22(14-21)23(15-27-32)31-10-7-24(33)28-25(31)34/h6,11,14-15,19-20H,4-5,7-10,12-13,16-18H2,1-3H3,(H,28,33,34)/t19-/m0/s1. The lowest BCUT2D eigenvalue weighted by Crippen LogP contribution is -2.52. The van der Waals surface area contributed by atoms with Crippen molar-refractivity contribution in [2.45, 2.75) is 65.5 Å². The van der Waals surface area contributed by atoms with Crippen molar-refractivity contribution in [3.63, 3.8) is 0 Å². The van der Waals surface area contributed by atoms with Crippen molar-refractivity contribution in [1.29, 1.82) is 0 Å². The van der Waals surface area contributed by atoms with E-state index in [1.807, 2.05) is 6.20 Å². The first-order chi connectivity index (χ1) is 16.3. The molecule has 0 spiro atoms. The quantitative estimate of drug-likeness (QED) is 0.730. The number of aromatic nitrogens is 2. The Labute approximate surface area is 202 Å². The SMILES string of the molecule is C[C@H]1CN(Cc2ccn3ncc(N4CCC(=O)NC4=O)c3c2)CCN1CC1CCC(C)(C)CC1. The Morgan fingerprint density at radius 2 is 1.94 bits per heavy atom. The minimum Gasteiger partial charge on any atom is -0.298 e. The maximum atomic E-state index is 12.3. The molecule has 184 valence electrons. The highest BCUT2D eigenvalue weighted by Crippen LogP contribution is 2.38. The van der Waals surface area contributed by atoms with Crippen molar-refractivity contribution in [3.05, 3.63) is 30.1 Å².